The van der Waals surface area contributed by atoms with Crippen molar-refractivity contribution in [1.82, 2.24) is 19.9 Å². The highest BCUT2D eigenvalue weighted by Crippen LogP contribution is 2.32. The van der Waals surface area contributed by atoms with Gasteiger partial charge in [0.05, 0.1) is 12.0 Å². The zero-order chi connectivity index (χ0) is 14.3. The number of imidazole rings is 1. The summed E-state index contributed by atoms with van der Waals surface area (Å²) in [6.07, 6.45) is 2.62. The maximum atomic E-state index is 13.8. The Hall–Kier alpha value is -2.16. The number of anilines is 2. The molecule has 0 aliphatic heterocycles. The van der Waals surface area contributed by atoms with Gasteiger partial charge in [-0.3, -0.25) is 0 Å². The van der Waals surface area contributed by atoms with Gasteiger partial charge in [-0.1, -0.05) is 0 Å². The van der Waals surface area contributed by atoms with Gasteiger partial charge in [-0.15, -0.1) is 0 Å². The maximum Gasteiger partial charge on any atom is 0.196 e. The molecule has 0 aliphatic rings. The van der Waals surface area contributed by atoms with Crippen molar-refractivity contribution in [2.24, 2.45) is 0 Å². The van der Waals surface area contributed by atoms with Gasteiger partial charge < -0.3 is 10.3 Å². The van der Waals surface area contributed by atoms with Gasteiger partial charge in [0.2, 0.25) is 0 Å². The number of hydrogen-bond acceptors (Lipinski definition) is 4. The van der Waals surface area contributed by atoms with E-state index in [0.29, 0.717) is 11.2 Å². The third-order valence-corrected chi connectivity index (χ3v) is 3.20. The van der Waals surface area contributed by atoms with Gasteiger partial charge in [-0.05, 0) is 22.0 Å². The van der Waals surface area contributed by atoms with Gasteiger partial charge in [0.15, 0.2) is 34.4 Å². The molecule has 0 atom stereocenters. The van der Waals surface area contributed by atoms with Crippen LogP contribution in [0.1, 0.15) is 0 Å². The van der Waals surface area contributed by atoms with Gasteiger partial charge >= 0.3 is 0 Å². The van der Waals surface area contributed by atoms with Crippen LogP contribution in [-0.4, -0.2) is 19.9 Å². The molecule has 0 spiro atoms. The normalized spacial score (nSPS) is 11.0. The Balaban J connectivity index is 2.12. The molecule has 0 radical (unpaired) electrons. The highest BCUT2D eigenvalue weighted by molar-refractivity contribution is 9.10. The monoisotopic (exact) mass is 343 g/mol. The molecule has 3 aromatic rings. The van der Waals surface area contributed by atoms with Crippen molar-refractivity contribution in [3.63, 3.8) is 0 Å². The fourth-order valence-electron chi connectivity index (χ4n) is 1.66. The number of halogens is 4. The van der Waals surface area contributed by atoms with Crippen molar-refractivity contribution in [2.75, 3.05) is 5.32 Å². The highest BCUT2D eigenvalue weighted by atomic mass is 79.9. The van der Waals surface area contributed by atoms with Gasteiger partial charge in [-0.2, -0.15) is 0 Å². The molecule has 0 bridgehead atoms. The van der Waals surface area contributed by atoms with Crippen molar-refractivity contribution in [1.29, 1.82) is 0 Å². The second-order valence-electron chi connectivity index (χ2n) is 3.79. The molecular weight excluding hydrogens is 339 g/mol. The molecule has 3 rings (SSSR count). The average Bonchev–Trinajstić information content (AvgIpc) is 2.90. The van der Waals surface area contributed by atoms with Crippen LogP contribution in [0.25, 0.3) is 11.2 Å². The Kier molecular flexibility index (Phi) is 3.05. The first kappa shape index (κ1) is 12.9. The van der Waals surface area contributed by atoms with E-state index in [9.17, 15) is 13.2 Å². The van der Waals surface area contributed by atoms with E-state index in [4.69, 9.17) is 0 Å². The molecule has 0 saturated carbocycles. The number of rotatable bonds is 2. The Labute approximate surface area is 118 Å². The van der Waals surface area contributed by atoms with Crippen LogP contribution in [0.15, 0.2) is 23.2 Å². The van der Waals surface area contributed by atoms with Crippen molar-refractivity contribution < 1.29 is 13.2 Å². The number of nitrogens with zero attached hydrogens (tertiary/aromatic N) is 3. The predicted molar refractivity (Wildman–Crippen MR) is 69.0 cm³/mol. The minimum atomic E-state index is -1.57. The summed E-state index contributed by atoms with van der Waals surface area (Å²) in [4.78, 5) is 14.5. The summed E-state index contributed by atoms with van der Waals surface area (Å²) < 4.78 is 40.1. The number of aromatic nitrogens is 4. The van der Waals surface area contributed by atoms with E-state index in [1.807, 2.05) is 0 Å². The summed E-state index contributed by atoms with van der Waals surface area (Å²) in [6, 6.07) is 0.823. The van der Waals surface area contributed by atoms with Crippen LogP contribution in [0.3, 0.4) is 0 Å². The van der Waals surface area contributed by atoms with Gasteiger partial charge in [0.1, 0.15) is 6.33 Å². The predicted octanol–water partition coefficient (Wildman–Crippen LogP) is 3.28. The number of nitrogens with one attached hydrogen (secondary N) is 2. The van der Waals surface area contributed by atoms with Gasteiger partial charge in [0, 0.05) is 4.47 Å². The first-order valence-corrected chi connectivity index (χ1v) is 6.11. The second kappa shape index (κ2) is 4.75. The van der Waals surface area contributed by atoms with Crippen LogP contribution in [0.5, 0.6) is 0 Å². The fourth-order valence-corrected chi connectivity index (χ4v) is 2.13. The molecule has 0 unspecified atom stereocenters. The molecule has 9 heteroatoms. The molecule has 2 aromatic heterocycles. The van der Waals surface area contributed by atoms with Crippen LogP contribution in [0.2, 0.25) is 0 Å². The van der Waals surface area contributed by atoms with Crippen molar-refractivity contribution in [3.8, 4) is 0 Å². The summed E-state index contributed by atoms with van der Waals surface area (Å²) in [6.45, 7) is 0. The molecular formula is C11H5BrF3N5. The average molecular weight is 344 g/mol. The lowest BCUT2D eigenvalue weighted by molar-refractivity contribution is 0.448. The van der Waals surface area contributed by atoms with Crippen molar-refractivity contribution in [2.45, 2.75) is 0 Å². The van der Waals surface area contributed by atoms with E-state index in [1.165, 1.54) is 12.7 Å². The Morgan fingerprint density at radius 3 is 2.70 bits per heavy atom. The second-order valence-corrected chi connectivity index (χ2v) is 4.64. The van der Waals surface area contributed by atoms with E-state index in [2.05, 4.69) is 41.2 Å². The minimum absolute atomic E-state index is 0.0243. The van der Waals surface area contributed by atoms with Crippen LogP contribution in [0, 0.1) is 17.5 Å². The standard InChI is InChI=1S/C11H5BrF3N5/c12-4-1-5(13)6(14)7(15)8(4)20-11-9-10(17-2-16-9)18-3-19-11/h1-3H,(H2,16,17,18,19,20). The summed E-state index contributed by atoms with van der Waals surface area (Å²) in [5.41, 5.74) is 0.511. The van der Waals surface area contributed by atoms with Crippen LogP contribution in [0.4, 0.5) is 24.7 Å². The summed E-state index contributed by atoms with van der Waals surface area (Å²) in [5.74, 6) is -4.03. The zero-order valence-electron chi connectivity index (χ0n) is 9.59. The summed E-state index contributed by atoms with van der Waals surface area (Å²) >= 11 is 2.96. The molecule has 0 amide bonds. The fraction of sp³-hybridized carbons (Fsp3) is 0. The molecule has 0 saturated heterocycles. The molecule has 0 aliphatic carbocycles. The molecule has 102 valence electrons. The van der Waals surface area contributed by atoms with E-state index >= 15 is 0 Å². The molecule has 2 N–H and O–H groups in total. The molecule has 20 heavy (non-hydrogen) atoms. The van der Waals surface area contributed by atoms with Crippen LogP contribution in [-0.2, 0) is 0 Å². The number of fused-ring (bicyclic) bond motifs is 1. The zero-order valence-corrected chi connectivity index (χ0v) is 11.2. The lowest BCUT2D eigenvalue weighted by Crippen LogP contribution is -2.02. The first-order chi connectivity index (χ1) is 9.58. The highest BCUT2D eigenvalue weighted by Gasteiger charge is 2.19. The smallest absolute Gasteiger partial charge is 0.196 e. The summed E-state index contributed by atoms with van der Waals surface area (Å²) in [7, 11) is 0. The molecule has 1 aromatic carbocycles. The SMILES string of the molecule is Fc1cc(Br)c(Nc2ncnc3[nH]cnc23)c(F)c1F. The number of benzene rings is 1. The quantitative estimate of drug-likeness (QED) is 0.553. The minimum Gasteiger partial charge on any atom is -0.335 e. The third kappa shape index (κ3) is 1.99. The molecule has 5 nitrogen and oxygen atoms in total. The Bertz CT molecular complexity index is 804. The van der Waals surface area contributed by atoms with E-state index in [1.54, 1.807) is 0 Å². The van der Waals surface area contributed by atoms with E-state index in [-0.39, 0.29) is 16.0 Å². The van der Waals surface area contributed by atoms with E-state index in [0.717, 1.165) is 6.07 Å². The van der Waals surface area contributed by atoms with E-state index < -0.39 is 17.5 Å². The lowest BCUT2D eigenvalue weighted by Gasteiger charge is -2.10. The third-order valence-electron chi connectivity index (χ3n) is 2.57. The van der Waals surface area contributed by atoms with Gasteiger partial charge in [-0.25, -0.2) is 28.1 Å². The Morgan fingerprint density at radius 2 is 1.90 bits per heavy atom. The van der Waals surface area contributed by atoms with Gasteiger partial charge in [0.25, 0.3) is 0 Å². The topological polar surface area (TPSA) is 66.5 Å². The number of H-pyrrole nitrogens is 1. The largest absolute Gasteiger partial charge is 0.335 e. The summed E-state index contributed by atoms with van der Waals surface area (Å²) in [5, 5.41) is 2.58. The number of aromatic amines is 1. The molecule has 2 heterocycles. The lowest BCUT2D eigenvalue weighted by atomic mass is 10.2. The number of hydrogen-bond donors (Lipinski definition) is 2. The van der Waals surface area contributed by atoms with Crippen LogP contribution < -0.4 is 5.32 Å². The van der Waals surface area contributed by atoms with Crippen molar-refractivity contribution in [3.05, 3.63) is 40.6 Å². The molecule has 0 fully saturated rings. The van der Waals surface area contributed by atoms with Crippen LogP contribution >= 0.6 is 15.9 Å². The first-order valence-electron chi connectivity index (χ1n) is 5.32. The maximum absolute atomic E-state index is 13.8. The van der Waals surface area contributed by atoms with Crippen molar-refractivity contribution >= 4 is 38.6 Å². The Morgan fingerprint density at radius 1 is 1.10 bits per heavy atom.